The second-order valence-electron chi connectivity index (χ2n) is 3.22. The third-order valence-electron chi connectivity index (χ3n) is 1.93. The molecule has 2 heterocycles. The van der Waals surface area contributed by atoms with Gasteiger partial charge in [-0.05, 0) is 19.9 Å². The maximum Gasteiger partial charge on any atom is 0.135 e. The van der Waals surface area contributed by atoms with E-state index in [-0.39, 0.29) is 6.04 Å². The number of hydrogen-bond acceptors (Lipinski definition) is 2. The van der Waals surface area contributed by atoms with Crippen molar-refractivity contribution in [2.24, 2.45) is 0 Å². The highest BCUT2D eigenvalue weighted by Crippen LogP contribution is 2.24. The Kier molecular flexibility index (Phi) is 1.96. The smallest absolute Gasteiger partial charge is 0.135 e. The van der Waals surface area contributed by atoms with E-state index in [1.807, 2.05) is 19.9 Å². The second-order valence-corrected chi connectivity index (χ2v) is 3.58. The fraction of sp³-hybridized carbons (Fsp3) is 0.333. The van der Waals surface area contributed by atoms with Crippen molar-refractivity contribution in [3.05, 3.63) is 23.6 Å². The quantitative estimate of drug-likeness (QED) is 0.701. The van der Waals surface area contributed by atoms with Gasteiger partial charge in [-0.3, -0.25) is 9.67 Å². The van der Waals surface area contributed by atoms with Crippen LogP contribution in [0.25, 0.3) is 10.9 Å². The van der Waals surface area contributed by atoms with Crippen LogP contribution in [0.5, 0.6) is 0 Å². The van der Waals surface area contributed by atoms with Crippen LogP contribution >= 0.6 is 11.6 Å². The Morgan fingerprint density at radius 1 is 1.46 bits per heavy atom. The van der Waals surface area contributed by atoms with Crippen molar-refractivity contribution in [3.63, 3.8) is 0 Å². The summed E-state index contributed by atoms with van der Waals surface area (Å²) in [6, 6.07) is 2.16. The molecule has 0 saturated carbocycles. The average Bonchev–Trinajstić information content (AvgIpc) is 2.45. The third kappa shape index (κ3) is 1.29. The first-order valence-electron chi connectivity index (χ1n) is 4.18. The van der Waals surface area contributed by atoms with E-state index in [1.165, 1.54) is 0 Å². The van der Waals surface area contributed by atoms with Gasteiger partial charge < -0.3 is 0 Å². The SMILES string of the molecule is CC(C)n1nc2cnccc2c1Cl. The van der Waals surface area contributed by atoms with Crippen molar-refractivity contribution >= 4 is 22.5 Å². The standard InChI is InChI=1S/C9H10ClN3/c1-6(2)13-9(10)7-3-4-11-5-8(7)12-13/h3-6H,1-2H3. The summed E-state index contributed by atoms with van der Waals surface area (Å²) in [6.45, 7) is 4.09. The third-order valence-corrected chi connectivity index (χ3v) is 2.30. The Labute approximate surface area is 81.3 Å². The lowest BCUT2D eigenvalue weighted by molar-refractivity contribution is 0.538. The monoisotopic (exact) mass is 195 g/mol. The summed E-state index contributed by atoms with van der Waals surface area (Å²) >= 11 is 6.12. The fourth-order valence-corrected chi connectivity index (χ4v) is 1.66. The van der Waals surface area contributed by atoms with Crippen LogP contribution in [0.3, 0.4) is 0 Å². The minimum Gasteiger partial charge on any atom is -0.262 e. The summed E-state index contributed by atoms with van der Waals surface area (Å²) in [5, 5.41) is 5.98. The molecule has 4 heteroatoms. The van der Waals surface area contributed by atoms with Gasteiger partial charge in [0.2, 0.25) is 0 Å². The highest BCUT2D eigenvalue weighted by atomic mass is 35.5. The minimum atomic E-state index is 0.278. The largest absolute Gasteiger partial charge is 0.262 e. The molecule has 0 saturated heterocycles. The predicted molar refractivity (Wildman–Crippen MR) is 52.9 cm³/mol. The normalized spacial score (nSPS) is 11.4. The van der Waals surface area contributed by atoms with E-state index in [9.17, 15) is 0 Å². The van der Waals surface area contributed by atoms with Crippen molar-refractivity contribution in [2.75, 3.05) is 0 Å². The Bertz CT molecular complexity index is 433. The molecule has 0 amide bonds. The number of pyridine rings is 1. The van der Waals surface area contributed by atoms with Crippen LogP contribution in [-0.4, -0.2) is 14.8 Å². The summed E-state index contributed by atoms with van der Waals surface area (Å²) in [7, 11) is 0. The first-order valence-corrected chi connectivity index (χ1v) is 4.55. The first kappa shape index (κ1) is 8.51. The Balaban J connectivity index is 2.74. The molecule has 0 aromatic carbocycles. The van der Waals surface area contributed by atoms with E-state index in [0.29, 0.717) is 5.15 Å². The van der Waals surface area contributed by atoms with Crippen molar-refractivity contribution < 1.29 is 0 Å². The molecule has 0 N–H and O–H groups in total. The van der Waals surface area contributed by atoms with Gasteiger partial charge in [0.15, 0.2) is 0 Å². The molecule has 0 aliphatic rings. The summed E-state index contributed by atoms with van der Waals surface area (Å²) < 4.78 is 1.80. The predicted octanol–water partition coefficient (Wildman–Crippen LogP) is 2.67. The zero-order valence-corrected chi connectivity index (χ0v) is 8.28. The van der Waals surface area contributed by atoms with Gasteiger partial charge in [-0.1, -0.05) is 11.6 Å². The Morgan fingerprint density at radius 2 is 2.23 bits per heavy atom. The van der Waals surface area contributed by atoms with Crippen LogP contribution in [0.2, 0.25) is 5.15 Å². The topological polar surface area (TPSA) is 30.7 Å². The number of halogens is 1. The second kappa shape index (κ2) is 3.00. The molecule has 0 spiro atoms. The summed E-state index contributed by atoms with van der Waals surface area (Å²) in [6.07, 6.45) is 3.45. The van der Waals surface area contributed by atoms with Crippen LogP contribution in [0.1, 0.15) is 19.9 Å². The van der Waals surface area contributed by atoms with Crippen LogP contribution in [-0.2, 0) is 0 Å². The van der Waals surface area contributed by atoms with Gasteiger partial charge >= 0.3 is 0 Å². The zero-order valence-electron chi connectivity index (χ0n) is 7.53. The number of fused-ring (bicyclic) bond motifs is 1. The highest BCUT2D eigenvalue weighted by Gasteiger charge is 2.10. The van der Waals surface area contributed by atoms with Gasteiger partial charge in [0.05, 0.1) is 6.20 Å². The lowest BCUT2D eigenvalue weighted by Crippen LogP contribution is -2.01. The number of rotatable bonds is 1. The summed E-state index contributed by atoms with van der Waals surface area (Å²) in [5.74, 6) is 0. The Morgan fingerprint density at radius 3 is 2.85 bits per heavy atom. The molecular formula is C9H10ClN3. The van der Waals surface area contributed by atoms with Gasteiger partial charge in [0, 0.05) is 17.6 Å². The molecule has 0 radical (unpaired) electrons. The van der Waals surface area contributed by atoms with Gasteiger partial charge in [0.25, 0.3) is 0 Å². The summed E-state index contributed by atoms with van der Waals surface area (Å²) in [5.41, 5.74) is 0.848. The van der Waals surface area contributed by atoms with Gasteiger partial charge in [0.1, 0.15) is 10.7 Å². The van der Waals surface area contributed by atoms with Crippen LogP contribution in [0, 0.1) is 0 Å². The molecule has 0 bridgehead atoms. The van der Waals surface area contributed by atoms with E-state index >= 15 is 0 Å². The van der Waals surface area contributed by atoms with E-state index < -0.39 is 0 Å². The van der Waals surface area contributed by atoms with Crippen molar-refractivity contribution in [1.82, 2.24) is 14.8 Å². The van der Waals surface area contributed by atoms with Crippen molar-refractivity contribution in [2.45, 2.75) is 19.9 Å². The number of nitrogens with zero attached hydrogens (tertiary/aromatic N) is 3. The highest BCUT2D eigenvalue weighted by molar-refractivity contribution is 6.34. The van der Waals surface area contributed by atoms with E-state index in [0.717, 1.165) is 10.9 Å². The molecule has 0 atom stereocenters. The minimum absolute atomic E-state index is 0.278. The lowest BCUT2D eigenvalue weighted by atomic mass is 10.3. The number of aromatic nitrogens is 3. The van der Waals surface area contributed by atoms with Crippen LogP contribution in [0.15, 0.2) is 18.5 Å². The molecule has 0 aliphatic carbocycles. The molecule has 2 aromatic heterocycles. The molecule has 0 unspecified atom stereocenters. The van der Waals surface area contributed by atoms with E-state index in [4.69, 9.17) is 11.6 Å². The molecule has 0 aliphatic heterocycles. The number of hydrogen-bond donors (Lipinski definition) is 0. The van der Waals surface area contributed by atoms with Gasteiger partial charge in [-0.15, -0.1) is 0 Å². The van der Waals surface area contributed by atoms with Crippen LogP contribution in [0.4, 0.5) is 0 Å². The Hall–Kier alpha value is -1.09. The molecule has 13 heavy (non-hydrogen) atoms. The lowest BCUT2D eigenvalue weighted by Gasteiger charge is -2.05. The molecular weight excluding hydrogens is 186 g/mol. The molecule has 3 nitrogen and oxygen atoms in total. The maximum atomic E-state index is 6.12. The summed E-state index contributed by atoms with van der Waals surface area (Å²) in [4.78, 5) is 3.99. The van der Waals surface area contributed by atoms with Gasteiger partial charge in [-0.2, -0.15) is 5.10 Å². The average molecular weight is 196 g/mol. The molecule has 0 fully saturated rings. The van der Waals surface area contributed by atoms with Crippen LogP contribution < -0.4 is 0 Å². The van der Waals surface area contributed by atoms with Crippen molar-refractivity contribution in [3.8, 4) is 0 Å². The van der Waals surface area contributed by atoms with E-state index in [1.54, 1.807) is 17.1 Å². The molecule has 68 valence electrons. The molecule has 2 aromatic rings. The van der Waals surface area contributed by atoms with Gasteiger partial charge in [-0.25, -0.2) is 0 Å². The van der Waals surface area contributed by atoms with E-state index in [2.05, 4.69) is 10.1 Å². The maximum absolute atomic E-state index is 6.12. The molecule has 2 rings (SSSR count). The van der Waals surface area contributed by atoms with Crippen molar-refractivity contribution in [1.29, 1.82) is 0 Å². The first-order chi connectivity index (χ1) is 6.20. The zero-order chi connectivity index (χ0) is 9.42. The fourth-order valence-electron chi connectivity index (χ4n) is 1.27.